The number of piperidine rings is 1. The Bertz CT molecular complexity index is 926. The summed E-state index contributed by atoms with van der Waals surface area (Å²) in [6, 6.07) is 4.63. The number of carbonyl (C=O) groups excluding carboxylic acids is 1. The monoisotopic (exact) mass is 436 g/mol. The van der Waals surface area contributed by atoms with Crippen molar-refractivity contribution in [3.63, 3.8) is 0 Å². The number of likely N-dealkylation sites (tertiary alicyclic amines) is 1. The molecule has 1 fully saturated rings. The lowest BCUT2D eigenvalue weighted by atomic mass is 9.96. The fourth-order valence-corrected chi connectivity index (χ4v) is 4.62. The van der Waals surface area contributed by atoms with Crippen molar-refractivity contribution in [2.75, 3.05) is 19.0 Å². The van der Waals surface area contributed by atoms with Crippen LogP contribution in [0, 0.1) is 0 Å². The molecule has 0 bridgehead atoms. The van der Waals surface area contributed by atoms with Crippen LogP contribution in [-0.2, 0) is 0 Å². The van der Waals surface area contributed by atoms with Crippen LogP contribution in [0.2, 0.25) is 0 Å². The van der Waals surface area contributed by atoms with E-state index in [1.165, 1.54) is 13.3 Å². The Morgan fingerprint density at radius 1 is 1.26 bits per heavy atom. The molecule has 0 aliphatic carbocycles. The van der Waals surface area contributed by atoms with Gasteiger partial charge in [-0.05, 0) is 43.4 Å². The standard InChI is InChI=1S/C22H27F3N4O2/c1-3-15-6-4-5-11-28(15)21(30)17-13-26-29-19(22(23,24)25)12-18(27-20(17)29)14-7-9-16(31-2)10-8-14/h7-10,13,15,18-19,27H,3-6,11-12H2,1-2H3/t15-,18+,19+/m0/s1. The lowest BCUT2D eigenvalue weighted by Crippen LogP contribution is -2.44. The van der Waals surface area contributed by atoms with Crippen LogP contribution in [0.3, 0.4) is 0 Å². The van der Waals surface area contributed by atoms with Crippen LogP contribution in [-0.4, -0.2) is 46.5 Å². The second-order valence-corrected chi connectivity index (χ2v) is 8.17. The van der Waals surface area contributed by atoms with Gasteiger partial charge in [0.1, 0.15) is 17.1 Å². The third-order valence-electron chi connectivity index (χ3n) is 6.35. The first-order valence-electron chi connectivity index (χ1n) is 10.7. The first-order chi connectivity index (χ1) is 14.8. The molecule has 1 aromatic heterocycles. The van der Waals surface area contributed by atoms with Gasteiger partial charge in [-0.2, -0.15) is 18.3 Å². The highest BCUT2D eigenvalue weighted by atomic mass is 19.4. The van der Waals surface area contributed by atoms with Gasteiger partial charge in [0.05, 0.1) is 19.3 Å². The second kappa shape index (κ2) is 8.43. The summed E-state index contributed by atoms with van der Waals surface area (Å²) >= 11 is 0. The van der Waals surface area contributed by atoms with Gasteiger partial charge in [-0.3, -0.25) is 4.79 Å². The number of methoxy groups -OCH3 is 1. The number of aromatic nitrogens is 2. The maximum Gasteiger partial charge on any atom is 0.410 e. The summed E-state index contributed by atoms with van der Waals surface area (Å²) in [5.74, 6) is 0.514. The van der Waals surface area contributed by atoms with Crippen molar-refractivity contribution >= 4 is 11.7 Å². The minimum atomic E-state index is -4.48. The quantitative estimate of drug-likeness (QED) is 0.736. The number of hydrogen-bond acceptors (Lipinski definition) is 4. The summed E-state index contributed by atoms with van der Waals surface area (Å²) < 4.78 is 47.8. The molecule has 0 saturated carbocycles. The van der Waals surface area contributed by atoms with Gasteiger partial charge >= 0.3 is 6.18 Å². The number of nitrogens with zero attached hydrogens (tertiary/aromatic N) is 3. The number of anilines is 1. The van der Waals surface area contributed by atoms with Crippen molar-refractivity contribution in [2.45, 2.75) is 63.3 Å². The van der Waals surface area contributed by atoms with E-state index in [-0.39, 0.29) is 29.8 Å². The maximum atomic E-state index is 13.9. The average Bonchev–Trinajstić information content (AvgIpc) is 3.21. The molecule has 31 heavy (non-hydrogen) atoms. The smallest absolute Gasteiger partial charge is 0.410 e. The van der Waals surface area contributed by atoms with Gasteiger partial charge < -0.3 is 15.0 Å². The molecule has 3 atom stereocenters. The molecule has 1 amide bonds. The van der Waals surface area contributed by atoms with Crippen molar-refractivity contribution in [1.29, 1.82) is 0 Å². The second-order valence-electron chi connectivity index (χ2n) is 8.17. The molecule has 3 heterocycles. The fourth-order valence-electron chi connectivity index (χ4n) is 4.62. The number of fused-ring (bicyclic) bond motifs is 1. The van der Waals surface area contributed by atoms with Gasteiger partial charge in [0.15, 0.2) is 6.04 Å². The molecule has 1 saturated heterocycles. The fraction of sp³-hybridized carbons (Fsp3) is 0.545. The summed E-state index contributed by atoms with van der Waals surface area (Å²) in [6.07, 6.45) is 0.285. The summed E-state index contributed by atoms with van der Waals surface area (Å²) in [4.78, 5) is 15.1. The molecule has 6 nitrogen and oxygen atoms in total. The van der Waals surface area contributed by atoms with Crippen molar-refractivity contribution in [3.05, 3.63) is 41.6 Å². The van der Waals surface area contributed by atoms with Gasteiger partial charge in [-0.25, -0.2) is 4.68 Å². The molecule has 2 aromatic rings. The number of ether oxygens (including phenoxy) is 1. The average molecular weight is 436 g/mol. The third-order valence-corrected chi connectivity index (χ3v) is 6.35. The first kappa shape index (κ1) is 21.5. The highest BCUT2D eigenvalue weighted by molar-refractivity contribution is 5.99. The predicted octanol–water partition coefficient (Wildman–Crippen LogP) is 4.96. The molecular weight excluding hydrogens is 409 g/mol. The summed E-state index contributed by atoms with van der Waals surface area (Å²) in [7, 11) is 1.54. The lowest BCUT2D eigenvalue weighted by Gasteiger charge is -2.37. The molecule has 0 spiro atoms. The summed E-state index contributed by atoms with van der Waals surface area (Å²) in [5.41, 5.74) is 0.901. The third kappa shape index (κ3) is 4.09. The molecule has 9 heteroatoms. The van der Waals surface area contributed by atoms with Crippen LogP contribution in [0.5, 0.6) is 5.75 Å². The molecule has 4 rings (SSSR count). The zero-order valence-electron chi connectivity index (χ0n) is 17.7. The molecular formula is C22H27F3N4O2. The number of nitrogens with one attached hydrogen (secondary N) is 1. The van der Waals surface area contributed by atoms with Crippen LogP contribution >= 0.6 is 0 Å². The topological polar surface area (TPSA) is 59.4 Å². The van der Waals surface area contributed by atoms with Crippen LogP contribution in [0.25, 0.3) is 0 Å². The van der Waals surface area contributed by atoms with Crippen molar-refractivity contribution in [3.8, 4) is 5.75 Å². The van der Waals surface area contributed by atoms with E-state index in [9.17, 15) is 18.0 Å². The Morgan fingerprint density at radius 3 is 2.65 bits per heavy atom. The minimum Gasteiger partial charge on any atom is -0.497 e. The van der Waals surface area contributed by atoms with Gasteiger partial charge in [-0.1, -0.05) is 19.1 Å². The molecule has 1 aromatic carbocycles. The maximum absolute atomic E-state index is 13.9. The Hall–Kier alpha value is -2.71. The van der Waals surface area contributed by atoms with Gasteiger partial charge in [0, 0.05) is 19.0 Å². The molecule has 1 N–H and O–H groups in total. The number of amides is 1. The zero-order valence-corrected chi connectivity index (χ0v) is 17.7. The van der Waals surface area contributed by atoms with E-state index in [0.29, 0.717) is 17.9 Å². The van der Waals surface area contributed by atoms with E-state index in [1.807, 2.05) is 6.92 Å². The Kier molecular flexibility index (Phi) is 5.85. The number of hydrogen-bond donors (Lipinski definition) is 1. The van der Waals surface area contributed by atoms with E-state index >= 15 is 0 Å². The highest BCUT2D eigenvalue weighted by Crippen LogP contribution is 2.44. The molecule has 2 aliphatic heterocycles. The van der Waals surface area contributed by atoms with E-state index in [1.54, 1.807) is 29.2 Å². The van der Waals surface area contributed by atoms with Crippen molar-refractivity contribution in [2.24, 2.45) is 0 Å². The van der Waals surface area contributed by atoms with Crippen molar-refractivity contribution < 1.29 is 22.7 Å². The van der Waals surface area contributed by atoms with Crippen LogP contribution in [0.4, 0.5) is 19.0 Å². The highest BCUT2D eigenvalue weighted by Gasteiger charge is 2.47. The van der Waals surface area contributed by atoms with E-state index in [2.05, 4.69) is 10.4 Å². The van der Waals surface area contributed by atoms with E-state index in [4.69, 9.17) is 4.74 Å². The number of carbonyl (C=O) groups is 1. The normalized spacial score (nSPS) is 23.8. The first-order valence-corrected chi connectivity index (χ1v) is 10.7. The lowest BCUT2D eigenvalue weighted by molar-refractivity contribution is -0.173. The largest absolute Gasteiger partial charge is 0.497 e. The molecule has 0 radical (unpaired) electrons. The van der Waals surface area contributed by atoms with Crippen molar-refractivity contribution in [1.82, 2.24) is 14.7 Å². The van der Waals surface area contributed by atoms with E-state index in [0.717, 1.165) is 30.4 Å². The van der Waals surface area contributed by atoms with Crippen LogP contribution in [0.15, 0.2) is 30.5 Å². The van der Waals surface area contributed by atoms with Gasteiger partial charge in [0.2, 0.25) is 0 Å². The number of alkyl halides is 3. The number of halogens is 3. The molecule has 0 unspecified atom stereocenters. The summed E-state index contributed by atoms with van der Waals surface area (Å²) in [6.45, 7) is 2.65. The number of rotatable bonds is 4. The SMILES string of the molecule is CC[C@H]1CCCCN1C(=O)c1cnn2c1N[C@@H](c1ccc(OC)cc1)C[C@@H]2C(F)(F)F. The van der Waals surface area contributed by atoms with Crippen LogP contribution < -0.4 is 10.1 Å². The van der Waals surface area contributed by atoms with E-state index < -0.39 is 18.3 Å². The minimum absolute atomic E-state index is 0.108. The summed E-state index contributed by atoms with van der Waals surface area (Å²) in [5, 5.41) is 7.16. The molecule has 2 aliphatic rings. The van der Waals surface area contributed by atoms with Gasteiger partial charge in [-0.15, -0.1) is 0 Å². The Balaban J connectivity index is 1.69. The van der Waals surface area contributed by atoms with Crippen LogP contribution in [0.1, 0.15) is 67.0 Å². The zero-order chi connectivity index (χ0) is 22.2. The molecule has 168 valence electrons. The Labute approximate surface area is 179 Å². The number of benzene rings is 1. The Morgan fingerprint density at radius 2 is 2.00 bits per heavy atom. The predicted molar refractivity (Wildman–Crippen MR) is 110 cm³/mol. The van der Waals surface area contributed by atoms with Gasteiger partial charge in [0.25, 0.3) is 5.91 Å².